The number of hydrogen-bond donors (Lipinski definition) is 0. The molecule has 4 heterocycles. The normalized spacial score (nSPS) is 15.8. The molecule has 0 unspecified atom stereocenters. The summed E-state index contributed by atoms with van der Waals surface area (Å²) in [6.07, 6.45) is 8.16. The van der Waals surface area contributed by atoms with Gasteiger partial charge in [0.1, 0.15) is 17.5 Å². The summed E-state index contributed by atoms with van der Waals surface area (Å²) in [5.41, 5.74) is 2.30. The molecule has 1 saturated heterocycles. The molecule has 8 heteroatoms. The number of nitriles is 1. The predicted molar refractivity (Wildman–Crippen MR) is 99.1 cm³/mol. The predicted octanol–water partition coefficient (Wildman–Crippen LogP) is 2.36. The first-order valence-electron chi connectivity index (χ1n) is 8.54. The maximum absolute atomic E-state index is 8.84. The van der Waals surface area contributed by atoms with Crippen molar-refractivity contribution >= 4 is 23.1 Å². The van der Waals surface area contributed by atoms with Gasteiger partial charge in [0.2, 0.25) is 0 Å². The van der Waals surface area contributed by atoms with Gasteiger partial charge < -0.3 is 9.30 Å². The third-order valence-corrected chi connectivity index (χ3v) is 4.74. The van der Waals surface area contributed by atoms with E-state index in [-0.39, 0.29) is 0 Å². The van der Waals surface area contributed by atoms with Crippen molar-refractivity contribution in [1.82, 2.24) is 24.3 Å². The highest BCUT2D eigenvalue weighted by molar-refractivity contribution is 6.30. The quantitative estimate of drug-likeness (QED) is 0.707. The number of nitrogens with zero attached hydrogens (tertiary/aromatic N) is 7. The van der Waals surface area contributed by atoms with Crippen molar-refractivity contribution in [1.29, 1.82) is 5.26 Å². The zero-order valence-electron chi connectivity index (χ0n) is 14.2. The molecule has 3 aromatic heterocycles. The Balaban J connectivity index is 1.41. The summed E-state index contributed by atoms with van der Waals surface area (Å²) < 4.78 is 1.97. The molecular formula is C18H18ClN7. The molecule has 26 heavy (non-hydrogen) atoms. The number of aromatic nitrogens is 4. The number of anilines is 1. The lowest BCUT2D eigenvalue weighted by molar-refractivity contribution is 0.282. The van der Waals surface area contributed by atoms with Gasteiger partial charge in [0.05, 0.1) is 23.1 Å². The van der Waals surface area contributed by atoms with E-state index in [4.69, 9.17) is 16.9 Å². The second-order valence-corrected chi connectivity index (χ2v) is 6.77. The third-order valence-electron chi connectivity index (χ3n) is 4.52. The third kappa shape index (κ3) is 3.62. The number of halogens is 1. The SMILES string of the molecule is N#Cc1cnc(N2CCCN(Cc3cn4cc(Cl)ccc4n3)CC2)cn1. The van der Waals surface area contributed by atoms with Gasteiger partial charge >= 0.3 is 0 Å². The average molecular weight is 368 g/mol. The van der Waals surface area contributed by atoms with E-state index < -0.39 is 0 Å². The van der Waals surface area contributed by atoms with Crippen LogP contribution in [0.4, 0.5) is 5.82 Å². The van der Waals surface area contributed by atoms with Crippen LogP contribution in [0.25, 0.3) is 5.65 Å². The van der Waals surface area contributed by atoms with Crippen molar-refractivity contribution in [3.05, 3.63) is 53.3 Å². The van der Waals surface area contributed by atoms with Gasteiger partial charge in [-0.25, -0.2) is 15.0 Å². The van der Waals surface area contributed by atoms with Gasteiger partial charge in [-0.1, -0.05) is 11.6 Å². The van der Waals surface area contributed by atoms with Crippen molar-refractivity contribution in [2.45, 2.75) is 13.0 Å². The van der Waals surface area contributed by atoms with E-state index in [1.807, 2.05) is 35.0 Å². The van der Waals surface area contributed by atoms with Crippen LogP contribution in [0.2, 0.25) is 5.02 Å². The molecular weight excluding hydrogens is 350 g/mol. The maximum atomic E-state index is 8.84. The van der Waals surface area contributed by atoms with Gasteiger partial charge in [-0.05, 0) is 18.6 Å². The Morgan fingerprint density at radius 1 is 1.08 bits per heavy atom. The first-order valence-corrected chi connectivity index (χ1v) is 8.92. The van der Waals surface area contributed by atoms with E-state index in [0.29, 0.717) is 10.7 Å². The molecule has 1 aliphatic rings. The summed E-state index contributed by atoms with van der Waals surface area (Å²) in [5.74, 6) is 0.827. The van der Waals surface area contributed by atoms with Crippen molar-refractivity contribution in [2.24, 2.45) is 0 Å². The second kappa shape index (κ2) is 7.28. The minimum Gasteiger partial charge on any atom is -0.354 e. The lowest BCUT2D eigenvalue weighted by Crippen LogP contribution is -2.31. The van der Waals surface area contributed by atoms with Gasteiger partial charge in [0.15, 0.2) is 5.69 Å². The van der Waals surface area contributed by atoms with Crippen LogP contribution in [0.5, 0.6) is 0 Å². The molecule has 132 valence electrons. The van der Waals surface area contributed by atoms with Gasteiger partial charge in [-0.2, -0.15) is 5.26 Å². The van der Waals surface area contributed by atoms with E-state index in [9.17, 15) is 0 Å². The van der Waals surface area contributed by atoms with Crippen LogP contribution >= 0.6 is 11.6 Å². The van der Waals surface area contributed by atoms with Crippen molar-refractivity contribution in [3.8, 4) is 6.07 Å². The highest BCUT2D eigenvalue weighted by atomic mass is 35.5. The fourth-order valence-corrected chi connectivity index (χ4v) is 3.39. The number of rotatable bonds is 3. The highest BCUT2D eigenvalue weighted by Gasteiger charge is 2.17. The Kier molecular flexibility index (Phi) is 4.69. The topological polar surface area (TPSA) is 73.4 Å². The molecule has 0 atom stereocenters. The molecule has 1 fully saturated rings. The average Bonchev–Trinajstić information content (AvgIpc) is 2.90. The standard InChI is InChI=1S/C18H18ClN7/c19-14-2-3-17-23-16(13-26(17)11-14)12-24-4-1-5-25(7-6-24)18-10-21-15(8-20)9-22-18/h2-3,9-11,13H,1,4-7,12H2. The molecule has 0 N–H and O–H groups in total. The van der Waals surface area contributed by atoms with Crippen LogP contribution in [0, 0.1) is 11.3 Å². The Hall–Kier alpha value is -2.69. The Labute approximate surface area is 156 Å². The minimum absolute atomic E-state index is 0.345. The molecule has 0 bridgehead atoms. The summed E-state index contributed by atoms with van der Waals surface area (Å²) in [6, 6.07) is 5.79. The molecule has 0 saturated carbocycles. The zero-order valence-corrected chi connectivity index (χ0v) is 15.0. The van der Waals surface area contributed by atoms with Crippen LogP contribution in [-0.2, 0) is 6.54 Å². The fraction of sp³-hybridized carbons (Fsp3) is 0.333. The molecule has 0 aliphatic carbocycles. The van der Waals surface area contributed by atoms with Crippen molar-refractivity contribution < 1.29 is 0 Å². The monoisotopic (exact) mass is 367 g/mol. The van der Waals surface area contributed by atoms with Crippen molar-refractivity contribution in [2.75, 3.05) is 31.1 Å². The van der Waals surface area contributed by atoms with Crippen LogP contribution in [0.1, 0.15) is 17.8 Å². The van der Waals surface area contributed by atoms with Gasteiger partial charge in [-0.3, -0.25) is 4.90 Å². The van der Waals surface area contributed by atoms with Crippen LogP contribution < -0.4 is 4.90 Å². The maximum Gasteiger partial charge on any atom is 0.158 e. The molecule has 4 rings (SSSR count). The molecule has 0 spiro atoms. The first-order chi connectivity index (χ1) is 12.7. The molecule has 0 radical (unpaired) electrons. The summed E-state index contributed by atoms with van der Waals surface area (Å²) in [7, 11) is 0. The number of hydrogen-bond acceptors (Lipinski definition) is 6. The molecule has 0 aromatic carbocycles. The number of pyridine rings is 1. The molecule has 0 amide bonds. The van der Waals surface area contributed by atoms with Crippen molar-refractivity contribution in [3.63, 3.8) is 0 Å². The summed E-state index contributed by atoms with van der Waals surface area (Å²) in [5, 5.41) is 9.54. The summed E-state index contributed by atoms with van der Waals surface area (Å²) >= 11 is 6.04. The number of fused-ring (bicyclic) bond motifs is 1. The van der Waals surface area contributed by atoms with Gasteiger partial charge in [0.25, 0.3) is 0 Å². The van der Waals surface area contributed by atoms with Crippen LogP contribution in [-0.4, -0.2) is 50.4 Å². The smallest absolute Gasteiger partial charge is 0.158 e. The largest absolute Gasteiger partial charge is 0.354 e. The fourth-order valence-electron chi connectivity index (χ4n) is 3.22. The summed E-state index contributed by atoms with van der Waals surface area (Å²) in [4.78, 5) is 17.8. The van der Waals surface area contributed by atoms with Gasteiger partial charge in [-0.15, -0.1) is 0 Å². The van der Waals surface area contributed by atoms with Crippen LogP contribution in [0.15, 0.2) is 36.9 Å². The van der Waals surface area contributed by atoms with E-state index >= 15 is 0 Å². The second-order valence-electron chi connectivity index (χ2n) is 6.33. The van der Waals surface area contributed by atoms with E-state index in [2.05, 4.69) is 24.8 Å². The van der Waals surface area contributed by atoms with E-state index in [1.54, 1.807) is 6.20 Å². The molecule has 7 nitrogen and oxygen atoms in total. The number of imidazole rings is 1. The minimum atomic E-state index is 0.345. The van der Waals surface area contributed by atoms with E-state index in [1.165, 1.54) is 6.20 Å². The van der Waals surface area contributed by atoms with Gasteiger partial charge in [0, 0.05) is 45.1 Å². The Morgan fingerprint density at radius 2 is 2.00 bits per heavy atom. The molecule has 3 aromatic rings. The lowest BCUT2D eigenvalue weighted by Gasteiger charge is -2.22. The summed E-state index contributed by atoms with van der Waals surface area (Å²) in [6.45, 7) is 4.55. The van der Waals surface area contributed by atoms with E-state index in [0.717, 1.165) is 56.3 Å². The first kappa shape index (κ1) is 16.8. The molecule has 1 aliphatic heterocycles. The van der Waals surface area contributed by atoms with Crippen LogP contribution in [0.3, 0.4) is 0 Å². The highest BCUT2D eigenvalue weighted by Crippen LogP contribution is 2.16. The Morgan fingerprint density at radius 3 is 2.81 bits per heavy atom. The lowest BCUT2D eigenvalue weighted by atomic mass is 10.3. The Bertz CT molecular complexity index is 944. The zero-order chi connectivity index (χ0) is 17.9.